The van der Waals surface area contributed by atoms with Crippen LogP contribution in [0.3, 0.4) is 0 Å². The summed E-state index contributed by atoms with van der Waals surface area (Å²) < 4.78 is 5.38. The fourth-order valence-electron chi connectivity index (χ4n) is 2.66. The Morgan fingerprint density at radius 3 is 2.14 bits per heavy atom. The molecule has 0 fully saturated rings. The van der Waals surface area contributed by atoms with E-state index in [1.54, 1.807) is 48.5 Å². The van der Waals surface area contributed by atoms with Gasteiger partial charge in [-0.05, 0) is 36.4 Å². The molecule has 138 valence electrons. The zero-order chi connectivity index (χ0) is 19.9. The molecule has 0 bridgehead atoms. The van der Waals surface area contributed by atoms with Crippen molar-refractivity contribution in [3.05, 3.63) is 89.5 Å². The Morgan fingerprint density at radius 2 is 1.54 bits per heavy atom. The molecule has 5 heteroatoms. The number of nitrogens with one attached hydrogen (secondary N) is 2. The number of ether oxygens (including phenoxy) is 1. The van der Waals surface area contributed by atoms with Gasteiger partial charge in [0.05, 0.1) is 18.4 Å². The maximum Gasteiger partial charge on any atom is 0.257 e. The van der Waals surface area contributed by atoms with Crippen molar-refractivity contribution in [2.45, 2.75) is 0 Å². The van der Waals surface area contributed by atoms with Crippen LogP contribution >= 0.6 is 0 Å². The van der Waals surface area contributed by atoms with E-state index in [1.165, 1.54) is 7.11 Å². The number of para-hydroxylation sites is 1. The highest BCUT2D eigenvalue weighted by Crippen LogP contribution is 2.31. The molecule has 0 saturated carbocycles. The topological polar surface area (TPSA) is 67.4 Å². The molecule has 0 atom stereocenters. The van der Waals surface area contributed by atoms with Crippen LogP contribution in [0.2, 0.25) is 0 Å². The number of carbonyl (C=O) groups is 2. The van der Waals surface area contributed by atoms with Crippen LogP contribution in [-0.2, 0) is 0 Å². The monoisotopic (exact) mass is 370 g/mol. The van der Waals surface area contributed by atoms with Crippen molar-refractivity contribution in [3.63, 3.8) is 0 Å². The number of anilines is 2. The predicted octanol–water partition coefficient (Wildman–Crippen LogP) is 4.18. The quantitative estimate of drug-likeness (QED) is 0.662. The van der Waals surface area contributed by atoms with Crippen LogP contribution in [0.25, 0.3) is 0 Å². The van der Waals surface area contributed by atoms with Gasteiger partial charge in [0.25, 0.3) is 11.8 Å². The van der Waals surface area contributed by atoms with Crippen molar-refractivity contribution in [1.29, 1.82) is 0 Å². The van der Waals surface area contributed by atoms with Gasteiger partial charge in [-0.2, -0.15) is 0 Å². The second-order valence-electron chi connectivity index (χ2n) is 5.89. The van der Waals surface area contributed by atoms with Gasteiger partial charge in [-0.15, -0.1) is 6.42 Å². The molecule has 3 aromatic rings. The molecular formula is C23H18N2O3. The molecule has 2 N–H and O–H groups in total. The minimum Gasteiger partial charge on any atom is -0.495 e. The van der Waals surface area contributed by atoms with Crippen LogP contribution in [0, 0.1) is 12.3 Å². The summed E-state index contributed by atoms with van der Waals surface area (Å²) in [7, 11) is 1.45. The summed E-state index contributed by atoms with van der Waals surface area (Å²) >= 11 is 0. The predicted molar refractivity (Wildman–Crippen MR) is 110 cm³/mol. The molecule has 0 spiro atoms. The van der Waals surface area contributed by atoms with Crippen molar-refractivity contribution < 1.29 is 14.3 Å². The first-order chi connectivity index (χ1) is 13.6. The number of hydrogen-bond acceptors (Lipinski definition) is 3. The number of rotatable bonds is 5. The van der Waals surface area contributed by atoms with Crippen molar-refractivity contribution in [1.82, 2.24) is 0 Å². The second kappa shape index (κ2) is 8.56. The molecule has 0 heterocycles. The Morgan fingerprint density at radius 1 is 0.893 bits per heavy atom. The lowest BCUT2D eigenvalue weighted by Gasteiger charge is -2.16. The highest BCUT2D eigenvalue weighted by molar-refractivity contribution is 6.13. The van der Waals surface area contributed by atoms with Crippen LogP contribution in [0.4, 0.5) is 11.4 Å². The summed E-state index contributed by atoms with van der Waals surface area (Å²) in [5.74, 6) is 2.03. The van der Waals surface area contributed by atoms with Crippen molar-refractivity contribution in [2.75, 3.05) is 17.7 Å². The summed E-state index contributed by atoms with van der Waals surface area (Å²) in [6, 6.07) is 20.8. The van der Waals surface area contributed by atoms with Gasteiger partial charge in [-0.25, -0.2) is 0 Å². The molecule has 0 radical (unpaired) electrons. The summed E-state index contributed by atoms with van der Waals surface area (Å²) in [4.78, 5) is 25.5. The Kier molecular flexibility index (Phi) is 5.73. The van der Waals surface area contributed by atoms with Crippen LogP contribution in [-0.4, -0.2) is 18.9 Å². The largest absolute Gasteiger partial charge is 0.495 e. The van der Waals surface area contributed by atoms with E-state index in [4.69, 9.17) is 11.2 Å². The average Bonchev–Trinajstić information content (AvgIpc) is 2.75. The highest BCUT2D eigenvalue weighted by Gasteiger charge is 2.20. The number of terminal acetylenes is 1. The summed E-state index contributed by atoms with van der Waals surface area (Å²) in [6.45, 7) is 0. The van der Waals surface area contributed by atoms with Crippen LogP contribution in [0.15, 0.2) is 72.8 Å². The summed E-state index contributed by atoms with van der Waals surface area (Å²) in [5.41, 5.74) is 2.01. The molecule has 0 saturated heterocycles. The lowest BCUT2D eigenvalue weighted by atomic mass is 10.1. The average molecular weight is 370 g/mol. The number of methoxy groups -OCH3 is 1. The fraction of sp³-hybridized carbons (Fsp3) is 0.0435. The number of amides is 2. The second-order valence-corrected chi connectivity index (χ2v) is 5.89. The van der Waals surface area contributed by atoms with Crippen molar-refractivity contribution in [2.24, 2.45) is 0 Å². The van der Waals surface area contributed by atoms with E-state index in [-0.39, 0.29) is 17.2 Å². The maximum absolute atomic E-state index is 12.9. The van der Waals surface area contributed by atoms with Crippen LogP contribution < -0.4 is 15.4 Å². The van der Waals surface area contributed by atoms with Crippen LogP contribution in [0.1, 0.15) is 26.3 Å². The molecular weight excluding hydrogens is 352 g/mol. The third-order valence-corrected chi connectivity index (χ3v) is 4.04. The molecule has 0 unspecified atom stereocenters. The molecule has 0 aliphatic carbocycles. The lowest BCUT2D eigenvalue weighted by Crippen LogP contribution is -2.19. The minimum absolute atomic E-state index is 0.209. The van der Waals surface area contributed by atoms with Gasteiger partial charge in [-0.3, -0.25) is 9.59 Å². The van der Waals surface area contributed by atoms with Gasteiger partial charge in [0.15, 0.2) is 0 Å². The zero-order valence-corrected chi connectivity index (χ0v) is 15.2. The molecule has 3 aromatic carbocycles. The van der Waals surface area contributed by atoms with Gasteiger partial charge >= 0.3 is 0 Å². The first-order valence-electron chi connectivity index (χ1n) is 8.54. The Labute approximate surface area is 163 Å². The Balaban J connectivity index is 2.01. The fourth-order valence-corrected chi connectivity index (χ4v) is 2.66. The Hall–Kier alpha value is -4.04. The lowest BCUT2D eigenvalue weighted by molar-refractivity contribution is 0.102. The number of benzene rings is 3. The van der Waals surface area contributed by atoms with Gasteiger partial charge in [0.1, 0.15) is 5.75 Å². The van der Waals surface area contributed by atoms with E-state index >= 15 is 0 Å². The van der Waals surface area contributed by atoms with Crippen molar-refractivity contribution >= 4 is 23.2 Å². The molecule has 5 nitrogen and oxygen atoms in total. The zero-order valence-electron chi connectivity index (χ0n) is 15.2. The van der Waals surface area contributed by atoms with E-state index in [2.05, 4.69) is 16.6 Å². The van der Waals surface area contributed by atoms with Gasteiger partial charge < -0.3 is 15.4 Å². The van der Waals surface area contributed by atoms with Crippen LogP contribution in [0.5, 0.6) is 5.75 Å². The maximum atomic E-state index is 12.9. The molecule has 0 aliphatic rings. The number of carbonyl (C=O) groups excluding carboxylic acids is 2. The Bertz CT molecular complexity index is 1040. The minimum atomic E-state index is -0.412. The number of hydrogen-bond donors (Lipinski definition) is 2. The highest BCUT2D eigenvalue weighted by atomic mass is 16.5. The third kappa shape index (κ3) is 4.19. The smallest absolute Gasteiger partial charge is 0.257 e. The van der Waals surface area contributed by atoms with E-state index in [1.807, 2.05) is 24.3 Å². The van der Waals surface area contributed by atoms with E-state index in [9.17, 15) is 9.59 Å². The molecule has 2 amide bonds. The van der Waals surface area contributed by atoms with Gasteiger partial charge in [0, 0.05) is 16.8 Å². The van der Waals surface area contributed by atoms with E-state index in [0.29, 0.717) is 22.6 Å². The first kappa shape index (κ1) is 18.7. The third-order valence-electron chi connectivity index (χ3n) is 4.04. The normalized spacial score (nSPS) is 9.86. The molecule has 0 aliphatic heterocycles. The standard InChI is InChI=1S/C23H18N2O3/c1-3-16-14-19(23(27)24-18-12-8-5-9-13-18)21(20(15-16)28-2)25-22(26)17-10-6-4-7-11-17/h1,4-15H,2H3,(H,24,27)(H,25,26). The van der Waals surface area contributed by atoms with E-state index < -0.39 is 5.91 Å². The van der Waals surface area contributed by atoms with Gasteiger partial charge in [-0.1, -0.05) is 42.3 Å². The molecule has 0 aromatic heterocycles. The van der Waals surface area contributed by atoms with Crippen molar-refractivity contribution in [3.8, 4) is 18.1 Å². The molecule has 28 heavy (non-hydrogen) atoms. The first-order valence-corrected chi connectivity index (χ1v) is 8.54. The van der Waals surface area contributed by atoms with Gasteiger partial charge in [0.2, 0.25) is 0 Å². The summed E-state index contributed by atoms with van der Waals surface area (Å²) in [6.07, 6.45) is 5.51. The molecule has 3 rings (SSSR count). The summed E-state index contributed by atoms with van der Waals surface area (Å²) in [5, 5.41) is 5.57. The van der Waals surface area contributed by atoms with E-state index in [0.717, 1.165) is 0 Å². The SMILES string of the molecule is C#Cc1cc(OC)c(NC(=O)c2ccccc2)c(C(=O)Nc2ccccc2)c1.